The minimum atomic E-state index is -4.01. The van der Waals surface area contributed by atoms with Gasteiger partial charge in [-0.2, -0.15) is 0 Å². The average molecular weight is 331 g/mol. The van der Waals surface area contributed by atoms with Crippen molar-refractivity contribution in [2.75, 3.05) is 4.72 Å². The monoisotopic (exact) mass is 330 g/mol. The Balaban J connectivity index is 2.50. The molecule has 0 aliphatic carbocycles. The van der Waals surface area contributed by atoms with E-state index in [1.54, 1.807) is 0 Å². The number of rotatable bonds is 4. The van der Waals surface area contributed by atoms with E-state index in [0.717, 1.165) is 6.07 Å². The van der Waals surface area contributed by atoms with Crippen molar-refractivity contribution in [3.63, 3.8) is 0 Å². The Morgan fingerprint density at radius 3 is 2.57 bits per heavy atom. The van der Waals surface area contributed by atoms with E-state index < -0.39 is 16.0 Å². The zero-order valence-corrected chi connectivity index (χ0v) is 12.6. The fraction of sp³-hybridized carbons (Fsp3) is 0.167. The maximum Gasteiger partial charge on any atom is 0.337 e. The summed E-state index contributed by atoms with van der Waals surface area (Å²) in [5.41, 5.74) is -0.157. The van der Waals surface area contributed by atoms with Crippen molar-refractivity contribution < 1.29 is 22.8 Å². The zero-order chi connectivity index (χ0) is 15.8. The fourth-order valence-corrected chi connectivity index (χ4v) is 3.42. The van der Waals surface area contributed by atoms with E-state index in [4.69, 9.17) is 21.2 Å². The van der Waals surface area contributed by atoms with Gasteiger partial charge in [-0.15, -0.1) is 0 Å². The third-order valence-electron chi connectivity index (χ3n) is 2.69. The second kappa shape index (κ2) is 5.38. The molecule has 1 aromatic heterocycles. The normalized spacial score (nSPS) is 11.4. The molecule has 1 aromatic carbocycles. The number of aromatic carboxylic acids is 1. The van der Waals surface area contributed by atoms with E-state index in [1.165, 1.54) is 26.0 Å². The smallest absolute Gasteiger partial charge is 0.337 e. The van der Waals surface area contributed by atoms with E-state index in [2.05, 4.69) is 9.88 Å². The summed E-state index contributed by atoms with van der Waals surface area (Å²) in [5.74, 6) is -1.18. The quantitative estimate of drug-likeness (QED) is 0.891. The number of carbonyl (C=O) groups is 1. The van der Waals surface area contributed by atoms with Gasteiger partial charge in [0.2, 0.25) is 0 Å². The van der Waals surface area contributed by atoms with Gasteiger partial charge in [-0.05, 0) is 32.0 Å². The lowest BCUT2D eigenvalue weighted by atomic mass is 10.2. The first-order chi connectivity index (χ1) is 9.72. The molecule has 21 heavy (non-hydrogen) atoms. The van der Waals surface area contributed by atoms with E-state index in [-0.39, 0.29) is 32.6 Å². The minimum Gasteiger partial charge on any atom is -0.478 e. The first-order valence-corrected chi connectivity index (χ1v) is 7.57. The molecule has 2 rings (SSSR count). The minimum absolute atomic E-state index is 0.0908. The molecule has 112 valence electrons. The van der Waals surface area contributed by atoms with E-state index >= 15 is 0 Å². The van der Waals surface area contributed by atoms with Gasteiger partial charge in [0.15, 0.2) is 10.7 Å². The lowest BCUT2D eigenvalue weighted by molar-refractivity contribution is 0.0698. The number of aromatic nitrogens is 1. The Morgan fingerprint density at radius 2 is 2.05 bits per heavy atom. The lowest BCUT2D eigenvalue weighted by Gasteiger charge is -2.10. The highest BCUT2D eigenvalue weighted by molar-refractivity contribution is 7.92. The molecule has 0 spiro atoms. The molecule has 1 heterocycles. The summed E-state index contributed by atoms with van der Waals surface area (Å²) in [7, 11) is -4.01. The van der Waals surface area contributed by atoms with Crippen molar-refractivity contribution in [2.45, 2.75) is 18.7 Å². The molecule has 0 radical (unpaired) electrons. The van der Waals surface area contributed by atoms with Crippen LogP contribution < -0.4 is 4.72 Å². The van der Waals surface area contributed by atoms with Crippen molar-refractivity contribution in [1.29, 1.82) is 0 Å². The van der Waals surface area contributed by atoms with Crippen LogP contribution in [0.25, 0.3) is 0 Å². The molecule has 0 bridgehead atoms. The molecule has 0 atom stereocenters. The third kappa shape index (κ3) is 3.01. The van der Waals surface area contributed by atoms with Gasteiger partial charge in [-0.25, -0.2) is 13.2 Å². The van der Waals surface area contributed by atoms with E-state index in [0.29, 0.717) is 0 Å². The molecule has 0 aliphatic heterocycles. The zero-order valence-electron chi connectivity index (χ0n) is 11.0. The van der Waals surface area contributed by atoms with Crippen LogP contribution in [0.15, 0.2) is 27.6 Å². The molecular weight excluding hydrogens is 320 g/mol. The molecule has 2 aromatic rings. The fourth-order valence-electron chi connectivity index (χ4n) is 1.84. The number of hydrogen-bond acceptors (Lipinski definition) is 5. The Hall–Kier alpha value is -2.06. The second-order valence-corrected chi connectivity index (χ2v) is 6.31. The topological polar surface area (TPSA) is 110 Å². The van der Waals surface area contributed by atoms with Crippen LogP contribution in [0.5, 0.6) is 0 Å². The summed E-state index contributed by atoms with van der Waals surface area (Å²) in [6.45, 7) is 2.93. The summed E-state index contributed by atoms with van der Waals surface area (Å²) < 4.78 is 31.7. The largest absolute Gasteiger partial charge is 0.478 e. The molecule has 0 aliphatic rings. The van der Waals surface area contributed by atoms with Gasteiger partial charge >= 0.3 is 5.97 Å². The van der Waals surface area contributed by atoms with Crippen LogP contribution >= 0.6 is 11.6 Å². The van der Waals surface area contributed by atoms with Crippen LogP contribution in [0, 0.1) is 13.8 Å². The highest BCUT2D eigenvalue weighted by Crippen LogP contribution is 2.26. The third-order valence-corrected chi connectivity index (χ3v) is 4.54. The number of nitrogens with zero attached hydrogens (tertiary/aromatic N) is 1. The number of aryl methyl sites for hydroxylation is 2. The number of nitrogens with one attached hydrogen (secondary N) is 1. The van der Waals surface area contributed by atoms with Gasteiger partial charge < -0.3 is 9.63 Å². The van der Waals surface area contributed by atoms with Crippen LogP contribution in [0.3, 0.4) is 0 Å². The molecular formula is C12H11ClN2O5S. The Morgan fingerprint density at radius 1 is 1.38 bits per heavy atom. The molecule has 0 fully saturated rings. The Kier molecular flexibility index (Phi) is 3.93. The maximum absolute atomic E-state index is 12.3. The number of carboxylic acids is 1. The van der Waals surface area contributed by atoms with Crippen LogP contribution in [0.2, 0.25) is 5.02 Å². The number of carboxylic acid groups (broad SMARTS) is 1. The molecule has 0 unspecified atom stereocenters. The Bertz CT molecular complexity index is 794. The molecule has 0 amide bonds. The van der Waals surface area contributed by atoms with Crippen LogP contribution in [-0.2, 0) is 10.0 Å². The van der Waals surface area contributed by atoms with E-state index in [9.17, 15) is 13.2 Å². The highest BCUT2D eigenvalue weighted by atomic mass is 35.5. The summed E-state index contributed by atoms with van der Waals surface area (Å²) in [6, 6.07) is 3.83. The number of sulfonamides is 1. The predicted molar refractivity (Wildman–Crippen MR) is 75.2 cm³/mol. The molecule has 0 saturated carbocycles. The second-order valence-electron chi connectivity index (χ2n) is 4.25. The maximum atomic E-state index is 12.3. The van der Waals surface area contributed by atoms with Gasteiger partial charge in [0.25, 0.3) is 10.0 Å². The standard InChI is InChI=1S/C12H11ClN2O5S/c1-6-11(7(2)20-14-6)21(18,19)15-10-4-3-8(13)5-9(10)12(16)17/h3-5,15H,1-2H3,(H,16,17). The summed E-state index contributed by atoms with van der Waals surface area (Å²) >= 11 is 5.72. The van der Waals surface area contributed by atoms with Crippen molar-refractivity contribution in [3.05, 3.63) is 40.2 Å². The van der Waals surface area contributed by atoms with Gasteiger partial charge in [0.05, 0.1) is 11.3 Å². The molecule has 7 nitrogen and oxygen atoms in total. The van der Waals surface area contributed by atoms with E-state index in [1.807, 2.05) is 0 Å². The SMILES string of the molecule is Cc1noc(C)c1S(=O)(=O)Nc1ccc(Cl)cc1C(=O)O. The van der Waals surface area contributed by atoms with Crippen LogP contribution in [-0.4, -0.2) is 24.7 Å². The first-order valence-electron chi connectivity index (χ1n) is 5.71. The van der Waals surface area contributed by atoms with Gasteiger partial charge in [-0.1, -0.05) is 16.8 Å². The molecule has 2 N–H and O–H groups in total. The average Bonchev–Trinajstić information content (AvgIpc) is 2.71. The Labute approximate surface area is 125 Å². The van der Waals surface area contributed by atoms with Crippen molar-refractivity contribution in [2.24, 2.45) is 0 Å². The first kappa shape index (κ1) is 15.3. The summed E-state index contributed by atoms with van der Waals surface area (Å²) in [4.78, 5) is 11.0. The van der Waals surface area contributed by atoms with Gasteiger partial charge in [-0.3, -0.25) is 4.72 Å². The summed E-state index contributed by atoms with van der Waals surface area (Å²) in [5, 5.41) is 12.9. The van der Waals surface area contributed by atoms with Crippen molar-refractivity contribution in [3.8, 4) is 0 Å². The number of anilines is 1. The van der Waals surface area contributed by atoms with Crippen molar-refractivity contribution in [1.82, 2.24) is 5.16 Å². The van der Waals surface area contributed by atoms with Crippen LogP contribution in [0.1, 0.15) is 21.8 Å². The van der Waals surface area contributed by atoms with Gasteiger partial charge in [0, 0.05) is 5.02 Å². The molecule has 9 heteroatoms. The predicted octanol–water partition coefficient (Wildman–Crippen LogP) is 2.44. The number of hydrogen-bond donors (Lipinski definition) is 2. The number of benzene rings is 1. The van der Waals surface area contributed by atoms with Gasteiger partial charge in [0.1, 0.15) is 5.69 Å². The summed E-state index contributed by atoms with van der Waals surface area (Å²) in [6.07, 6.45) is 0. The lowest BCUT2D eigenvalue weighted by Crippen LogP contribution is -2.16. The van der Waals surface area contributed by atoms with Crippen LogP contribution in [0.4, 0.5) is 5.69 Å². The number of halogens is 1. The highest BCUT2D eigenvalue weighted by Gasteiger charge is 2.26. The van der Waals surface area contributed by atoms with Crippen molar-refractivity contribution >= 4 is 33.3 Å². The molecule has 0 saturated heterocycles.